The number of rotatable bonds is 1. The van der Waals surface area contributed by atoms with Crippen molar-refractivity contribution in [3.05, 3.63) is 54.6 Å². The topological polar surface area (TPSA) is 69.4 Å². The van der Waals surface area contributed by atoms with Crippen molar-refractivity contribution in [2.45, 2.75) is 34.6 Å². The largest absolute Gasteiger partial charge is 0.375 e. The molecule has 4 rings (SSSR count). The second-order valence-electron chi connectivity index (χ2n) is 4.78. The van der Waals surface area contributed by atoms with Gasteiger partial charge in [-0.25, -0.2) is 0 Å². The fourth-order valence-electron chi connectivity index (χ4n) is 2.21. The molecule has 0 bridgehead atoms. The second kappa shape index (κ2) is 10.9. The molecule has 0 radical (unpaired) electrons. The van der Waals surface area contributed by atoms with Crippen LogP contribution in [0.5, 0.6) is 0 Å². The van der Waals surface area contributed by atoms with Crippen LogP contribution < -0.4 is 5.32 Å². The lowest BCUT2D eigenvalue weighted by atomic mass is 10.3. The minimum absolute atomic E-state index is 0.997. The average Bonchev–Trinajstić information content (AvgIpc) is 3.27. The molecule has 0 atom stereocenters. The molecule has 5 heteroatoms. The maximum absolute atomic E-state index is 4.18. The number of hydrogen-bond acceptors (Lipinski definition) is 3. The molecular weight excluding hydrogens is 310 g/mol. The van der Waals surface area contributed by atoms with Crippen LogP contribution in [0.1, 0.15) is 33.4 Å². The number of anilines is 1. The van der Waals surface area contributed by atoms with Gasteiger partial charge in [0.05, 0.1) is 11.0 Å². The predicted molar refractivity (Wildman–Crippen MR) is 109 cm³/mol. The number of H-pyrrole nitrogens is 2. The molecule has 0 amide bonds. The Labute approximate surface area is 149 Å². The minimum Gasteiger partial charge on any atom is -0.375 e. The molecule has 0 unspecified atom stereocenters. The molecule has 0 aliphatic heterocycles. The Bertz CT molecular complexity index is 794. The van der Waals surface area contributed by atoms with Crippen molar-refractivity contribution in [3.63, 3.8) is 0 Å². The zero-order chi connectivity index (χ0) is 18.7. The SMILES string of the molecule is CC.CC.CNc1cc2ncccc2[nH]1.Cc1cc2cnccc2[nH]1. The molecule has 5 nitrogen and oxygen atoms in total. The Balaban J connectivity index is 0.000000210. The lowest BCUT2D eigenvalue weighted by molar-refractivity contribution is 1.29. The van der Waals surface area contributed by atoms with E-state index in [1.165, 1.54) is 11.1 Å². The van der Waals surface area contributed by atoms with Gasteiger partial charge in [-0.1, -0.05) is 27.7 Å². The van der Waals surface area contributed by atoms with Crippen LogP contribution in [0, 0.1) is 6.92 Å². The second-order valence-corrected chi connectivity index (χ2v) is 4.78. The third-order valence-corrected chi connectivity index (χ3v) is 3.21. The third kappa shape index (κ3) is 5.64. The molecule has 0 fully saturated rings. The number of aromatic amines is 2. The summed E-state index contributed by atoms with van der Waals surface area (Å²) in [6.45, 7) is 10.0. The summed E-state index contributed by atoms with van der Waals surface area (Å²) in [6, 6.07) is 9.96. The number of hydrogen-bond donors (Lipinski definition) is 3. The van der Waals surface area contributed by atoms with Gasteiger partial charge >= 0.3 is 0 Å². The number of nitrogens with one attached hydrogen (secondary N) is 3. The summed E-state index contributed by atoms with van der Waals surface area (Å²) >= 11 is 0. The fraction of sp³-hybridized carbons (Fsp3) is 0.300. The third-order valence-electron chi connectivity index (χ3n) is 3.21. The van der Waals surface area contributed by atoms with Gasteiger partial charge in [0.2, 0.25) is 0 Å². The molecule has 0 aliphatic rings. The molecule has 0 spiro atoms. The number of aromatic nitrogens is 4. The van der Waals surface area contributed by atoms with E-state index >= 15 is 0 Å². The summed E-state index contributed by atoms with van der Waals surface area (Å²) in [4.78, 5) is 14.6. The van der Waals surface area contributed by atoms with E-state index < -0.39 is 0 Å². The van der Waals surface area contributed by atoms with Gasteiger partial charge in [-0.15, -0.1) is 0 Å². The van der Waals surface area contributed by atoms with Crippen LogP contribution in [-0.2, 0) is 0 Å². The summed E-state index contributed by atoms with van der Waals surface area (Å²) < 4.78 is 0. The maximum Gasteiger partial charge on any atom is 0.105 e. The fourth-order valence-corrected chi connectivity index (χ4v) is 2.21. The van der Waals surface area contributed by atoms with Gasteiger partial charge in [0.15, 0.2) is 0 Å². The first-order valence-electron chi connectivity index (χ1n) is 8.77. The van der Waals surface area contributed by atoms with Crippen molar-refractivity contribution in [2.75, 3.05) is 12.4 Å². The minimum atomic E-state index is 0.997. The smallest absolute Gasteiger partial charge is 0.105 e. The lowest BCUT2D eigenvalue weighted by Gasteiger charge is -1.88. The molecule has 0 saturated heterocycles. The van der Waals surface area contributed by atoms with E-state index in [0.717, 1.165) is 22.4 Å². The monoisotopic (exact) mass is 339 g/mol. The van der Waals surface area contributed by atoms with Gasteiger partial charge in [0.1, 0.15) is 5.82 Å². The Hall–Kier alpha value is -2.82. The van der Waals surface area contributed by atoms with Crippen LogP contribution in [0.15, 0.2) is 48.9 Å². The normalized spacial score (nSPS) is 9.20. The van der Waals surface area contributed by atoms with Crippen molar-refractivity contribution in [3.8, 4) is 0 Å². The highest BCUT2D eigenvalue weighted by Gasteiger charge is 1.96. The quantitative estimate of drug-likeness (QED) is 0.427. The first kappa shape index (κ1) is 20.2. The molecule has 0 aliphatic carbocycles. The van der Waals surface area contributed by atoms with Crippen molar-refractivity contribution in [1.82, 2.24) is 19.9 Å². The van der Waals surface area contributed by atoms with Crippen LogP contribution in [0.25, 0.3) is 21.9 Å². The van der Waals surface area contributed by atoms with Crippen LogP contribution >= 0.6 is 0 Å². The van der Waals surface area contributed by atoms with E-state index in [9.17, 15) is 0 Å². The molecule has 25 heavy (non-hydrogen) atoms. The van der Waals surface area contributed by atoms with Crippen molar-refractivity contribution in [2.24, 2.45) is 0 Å². The standard InChI is InChI=1S/C8H9N3.C8H8N2.2C2H6/c1-9-8-5-7-6(11-8)3-2-4-10-7;1-6-4-7-5-9-3-2-8(7)10-6;2*1-2/h2-5,9,11H,1H3;2-5,10H,1H3;2*1-2H3. The van der Waals surface area contributed by atoms with Crippen LogP contribution in [0.4, 0.5) is 5.82 Å². The summed E-state index contributed by atoms with van der Waals surface area (Å²) in [5, 5.41) is 4.20. The first-order valence-corrected chi connectivity index (χ1v) is 8.77. The van der Waals surface area contributed by atoms with E-state index in [1.807, 2.05) is 72.1 Å². The summed E-state index contributed by atoms with van der Waals surface area (Å²) in [6.07, 6.45) is 5.44. The van der Waals surface area contributed by atoms with Gasteiger partial charge in [-0.2, -0.15) is 0 Å². The van der Waals surface area contributed by atoms with Crippen LogP contribution in [0.2, 0.25) is 0 Å². The Morgan fingerprint density at radius 2 is 1.68 bits per heavy atom. The van der Waals surface area contributed by atoms with E-state index in [2.05, 4.69) is 31.3 Å². The molecule has 134 valence electrons. The number of aryl methyl sites for hydroxylation is 1. The van der Waals surface area contributed by atoms with Crippen LogP contribution in [0.3, 0.4) is 0 Å². The molecule has 0 aromatic carbocycles. The highest BCUT2D eigenvalue weighted by Crippen LogP contribution is 2.14. The highest BCUT2D eigenvalue weighted by atomic mass is 15.0. The Morgan fingerprint density at radius 1 is 0.920 bits per heavy atom. The van der Waals surface area contributed by atoms with Crippen molar-refractivity contribution < 1.29 is 0 Å². The molecule has 0 saturated carbocycles. The van der Waals surface area contributed by atoms with Gasteiger partial charge in [0, 0.05) is 48.3 Å². The summed E-state index contributed by atoms with van der Waals surface area (Å²) in [7, 11) is 1.88. The van der Waals surface area contributed by atoms with Gasteiger partial charge in [-0.05, 0) is 31.2 Å². The van der Waals surface area contributed by atoms with E-state index in [1.54, 1.807) is 12.4 Å². The molecule has 4 heterocycles. The first-order chi connectivity index (χ1) is 12.3. The Morgan fingerprint density at radius 3 is 2.32 bits per heavy atom. The maximum atomic E-state index is 4.18. The molecular formula is C20H29N5. The summed E-state index contributed by atoms with van der Waals surface area (Å²) in [5.74, 6) is 0.999. The van der Waals surface area contributed by atoms with Gasteiger partial charge in [0.25, 0.3) is 0 Å². The zero-order valence-corrected chi connectivity index (χ0v) is 16.0. The molecule has 3 N–H and O–H groups in total. The van der Waals surface area contributed by atoms with Crippen LogP contribution in [-0.4, -0.2) is 27.0 Å². The van der Waals surface area contributed by atoms with Gasteiger partial charge in [-0.3, -0.25) is 9.97 Å². The molecule has 4 aromatic heterocycles. The van der Waals surface area contributed by atoms with Crippen molar-refractivity contribution in [1.29, 1.82) is 0 Å². The summed E-state index contributed by atoms with van der Waals surface area (Å²) in [5.41, 5.74) is 4.41. The predicted octanol–water partition coefficient (Wildman–Crippen LogP) is 5.53. The zero-order valence-electron chi connectivity index (χ0n) is 16.0. The average molecular weight is 339 g/mol. The lowest BCUT2D eigenvalue weighted by Crippen LogP contribution is -1.85. The molecule has 4 aromatic rings. The van der Waals surface area contributed by atoms with E-state index in [4.69, 9.17) is 0 Å². The number of fused-ring (bicyclic) bond motifs is 2. The number of pyridine rings is 2. The van der Waals surface area contributed by atoms with Gasteiger partial charge < -0.3 is 15.3 Å². The van der Waals surface area contributed by atoms with E-state index in [0.29, 0.717) is 0 Å². The number of nitrogens with zero attached hydrogens (tertiary/aromatic N) is 2. The Kier molecular flexibility index (Phi) is 8.79. The van der Waals surface area contributed by atoms with Crippen molar-refractivity contribution >= 4 is 27.8 Å². The van der Waals surface area contributed by atoms with E-state index in [-0.39, 0.29) is 0 Å². The highest BCUT2D eigenvalue weighted by molar-refractivity contribution is 5.79.